The third kappa shape index (κ3) is 6.00. The van der Waals surface area contributed by atoms with Gasteiger partial charge in [-0.1, -0.05) is 35.4 Å². The molecule has 2 aliphatic rings. The summed E-state index contributed by atoms with van der Waals surface area (Å²) >= 11 is 0. The van der Waals surface area contributed by atoms with Gasteiger partial charge in [0.25, 0.3) is 0 Å². The quantitative estimate of drug-likeness (QED) is 0.163. The van der Waals surface area contributed by atoms with E-state index in [0.717, 1.165) is 78.0 Å². The maximum atomic E-state index is 14.8. The molecule has 7 rings (SSSR count). The number of benzene rings is 2. The van der Waals surface area contributed by atoms with Crippen LogP contribution in [-0.4, -0.2) is 33.1 Å². The molecule has 5 aromatic rings. The molecule has 0 spiro atoms. The first-order valence-corrected chi connectivity index (χ1v) is 18.7. The number of fused-ring (bicyclic) bond motifs is 8. The second-order valence-electron chi connectivity index (χ2n) is 13.2. The molecule has 0 atom stereocenters. The molecule has 8 bridgehead atoms. The van der Waals surface area contributed by atoms with E-state index in [2.05, 4.69) is 106 Å². The van der Waals surface area contributed by atoms with E-state index in [0.29, 0.717) is 16.7 Å². The number of rotatable bonds is 7. The third-order valence-electron chi connectivity index (χ3n) is 9.27. The number of aryl methyl sites for hydroxylation is 6. The molecule has 254 valence electrons. The normalized spacial score (nSPS) is 12.6. The molecule has 2 N–H and O–H groups in total. The second-order valence-corrected chi connectivity index (χ2v) is 15.2. The van der Waals surface area contributed by atoms with Crippen molar-refractivity contribution in [1.82, 2.24) is 19.9 Å². The number of nitrogens with one attached hydrogen (secondary N) is 2. The van der Waals surface area contributed by atoms with Gasteiger partial charge >= 0.3 is 7.60 Å². The molecule has 8 heteroatoms. The van der Waals surface area contributed by atoms with Crippen LogP contribution in [0, 0.1) is 41.5 Å². The highest BCUT2D eigenvalue weighted by Gasteiger charge is 2.34. The Labute approximate surface area is 293 Å². The Morgan fingerprint density at radius 3 is 1.30 bits per heavy atom. The lowest BCUT2D eigenvalue weighted by molar-refractivity contribution is 0.229. The van der Waals surface area contributed by atoms with Crippen molar-refractivity contribution in [3.63, 3.8) is 0 Å². The van der Waals surface area contributed by atoms with Gasteiger partial charge in [0, 0.05) is 33.2 Å². The van der Waals surface area contributed by atoms with Crippen LogP contribution >= 0.6 is 7.60 Å². The fourth-order valence-electron chi connectivity index (χ4n) is 7.59. The van der Waals surface area contributed by atoms with Gasteiger partial charge in [-0.05, 0) is 143 Å². The van der Waals surface area contributed by atoms with Crippen molar-refractivity contribution in [1.29, 1.82) is 0 Å². The summed E-state index contributed by atoms with van der Waals surface area (Å²) in [5.41, 5.74) is 17.4. The highest BCUT2D eigenvalue weighted by Crippen LogP contribution is 2.49. The maximum Gasteiger partial charge on any atom is 0.365 e. The van der Waals surface area contributed by atoms with Crippen LogP contribution in [0.1, 0.15) is 70.0 Å². The smallest absolute Gasteiger partial charge is 0.355 e. The van der Waals surface area contributed by atoms with Gasteiger partial charge in [0.15, 0.2) is 0 Å². The van der Waals surface area contributed by atoms with Crippen LogP contribution in [0.5, 0.6) is 0 Å². The molecule has 0 saturated heterocycles. The summed E-state index contributed by atoms with van der Waals surface area (Å²) in [7, 11) is -3.87. The van der Waals surface area contributed by atoms with Crippen molar-refractivity contribution < 1.29 is 13.6 Å². The fraction of sp³-hybridized carbons (Fsp3) is 0.238. The topological polar surface area (TPSA) is 92.9 Å². The molecular weight excluding hydrogens is 639 g/mol. The molecule has 0 fully saturated rings. The van der Waals surface area contributed by atoms with Crippen LogP contribution in [0.25, 0.3) is 68.6 Å². The molecule has 0 aliphatic carbocycles. The SMILES string of the molecule is CCOP(=O)(OCC)c1c2nc(c(-c3c(C)cc(C)cc3C)c3ccc(cc4ccc([nH]4)c(-c4c(C)cc(C)cc4C)c4nc1C=C4)[nH]3)C=C2. The summed E-state index contributed by atoms with van der Waals surface area (Å²) in [6.07, 6.45) is 7.80. The summed E-state index contributed by atoms with van der Waals surface area (Å²) in [4.78, 5) is 17.8. The number of H-pyrrole nitrogens is 2. The molecule has 2 aliphatic heterocycles. The predicted octanol–water partition coefficient (Wildman–Crippen LogP) is 10.7. The zero-order valence-electron chi connectivity index (χ0n) is 30.0. The lowest BCUT2D eigenvalue weighted by Gasteiger charge is -2.18. The van der Waals surface area contributed by atoms with Gasteiger partial charge in [0.1, 0.15) is 5.30 Å². The Balaban J connectivity index is 1.69. The summed E-state index contributed by atoms with van der Waals surface area (Å²) in [6.45, 7) is 16.8. The summed E-state index contributed by atoms with van der Waals surface area (Å²) in [5.74, 6) is 0. The van der Waals surface area contributed by atoms with Gasteiger partial charge in [0.2, 0.25) is 0 Å². The van der Waals surface area contributed by atoms with Crippen LogP contribution in [0.2, 0.25) is 0 Å². The molecule has 0 amide bonds. The number of hydrogen-bond acceptors (Lipinski definition) is 5. The van der Waals surface area contributed by atoms with Crippen LogP contribution in [-0.2, 0) is 13.6 Å². The first-order chi connectivity index (χ1) is 24.0. The van der Waals surface area contributed by atoms with Crippen LogP contribution < -0.4 is 5.30 Å². The van der Waals surface area contributed by atoms with Gasteiger partial charge in [-0.3, -0.25) is 4.57 Å². The molecule has 7 nitrogen and oxygen atoms in total. The Kier molecular flexibility index (Phi) is 8.85. The first kappa shape index (κ1) is 33.7. The van der Waals surface area contributed by atoms with Gasteiger partial charge in [-0.2, -0.15) is 0 Å². The average Bonchev–Trinajstić information content (AvgIpc) is 3.86. The van der Waals surface area contributed by atoms with Crippen LogP contribution in [0.4, 0.5) is 0 Å². The molecule has 0 unspecified atom stereocenters. The van der Waals surface area contributed by atoms with E-state index in [9.17, 15) is 4.57 Å². The van der Waals surface area contributed by atoms with E-state index in [4.69, 9.17) is 19.0 Å². The Bertz CT molecular complexity index is 2260. The first-order valence-electron chi connectivity index (χ1n) is 17.2. The molecule has 2 aromatic carbocycles. The van der Waals surface area contributed by atoms with Gasteiger partial charge < -0.3 is 19.0 Å². The van der Waals surface area contributed by atoms with E-state index in [1.165, 1.54) is 11.1 Å². The van der Waals surface area contributed by atoms with Crippen molar-refractivity contribution in [2.45, 2.75) is 55.4 Å². The van der Waals surface area contributed by atoms with Crippen LogP contribution in [0.3, 0.4) is 0 Å². The summed E-state index contributed by atoms with van der Waals surface area (Å²) < 4.78 is 26.8. The minimum absolute atomic E-state index is 0.202. The Morgan fingerprint density at radius 2 is 0.920 bits per heavy atom. The minimum Gasteiger partial charge on any atom is -0.355 e. The molecular formula is C42H43N4O3P. The third-order valence-corrected chi connectivity index (χ3v) is 11.5. The average molecular weight is 683 g/mol. The van der Waals surface area contributed by atoms with Gasteiger partial charge in [0.05, 0.1) is 36.0 Å². The van der Waals surface area contributed by atoms with Crippen molar-refractivity contribution in [2.24, 2.45) is 0 Å². The molecule has 3 aromatic heterocycles. The molecule has 50 heavy (non-hydrogen) atoms. The zero-order chi connectivity index (χ0) is 35.3. The largest absolute Gasteiger partial charge is 0.365 e. The molecule has 0 radical (unpaired) electrons. The monoisotopic (exact) mass is 682 g/mol. The van der Waals surface area contributed by atoms with Crippen molar-refractivity contribution in [2.75, 3.05) is 13.2 Å². The van der Waals surface area contributed by atoms with E-state index < -0.39 is 7.60 Å². The van der Waals surface area contributed by atoms with Gasteiger partial charge in [-0.25, -0.2) is 9.97 Å². The number of aromatic nitrogens is 4. The van der Waals surface area contributed by atoms with Crippen molar-refractivity contribution in [3.8, 4) is 22.3 Å². The lowest BCUT2D eigenvalue weighted by atomic mass is 9.92. The van der Waals surface area contributed by atoms with E-state index >= 15 is 0 Å². The molecule has 0 saturated carbocycles. The fourth-order valence-corrected chi connectivity index (χ4v) is 9.41. The van der Waals surface area contributed by atoms with E-state index in [1.54, 1.807) is 0 Å². The van der Waals surface area contributed by atoms with Crippen molar-refractivity contribution >= 4 is 59.3 Å². The van der Waals surface area contributed by atoms with E-state index in [1.807, 2.05) is 38.2 Å². The second kappa shape index (κ2) is 13.1. The zero-order valence-corrected chi connectivity index (χ0v) is 30.9. The highest BCUT2D eigenvalue weighted by molar-refractivity contribution is 7.62. The Morgan fingerprint density at radius 1 is 0.540 bits per heavy atom. The highest BCUT2D eigenvalue weighted by atomic mass is 31.2. The number of aromatic amines is 2. The maximum absolute atomic E-state index is 14.8. The number of nitrogens with zero attached hydrogens (tertiary/aromatic N) is 2. The van der Waals surface area contributed by atoms with Crippen molar-refractivity contribution in [3.05, 3.63) is 111 Å². The minimum atomic E-state index is -3.87. The Hall–Kier alpha value is -4.81. The number of hydrogen-bond donors (Lipinski definition) is 2. The van der Waals surface area contributed by atoms with Gasteiger partial charge in [-0.15, -0.1) is 0 Å². The standard InChI is InChI=1S/C42H43N4O3P/c1-9-48-50(47,49-10-2)42-36-17-15-34(45-36)40(38-26(5)19-24(3)20-27(38)6)32-13-11-30(43-32)23-31-12-14-33(44-31)41(35-16-18-37(42)46-35)39-28(7)21-25(4)22-29(39)8/h11-23,43-44H,9-10H2,1-8H3. The van der Waals surface area contributed by atoms with Crippen LogP contribution in [0.15, 0.2) is 54.6 Å². The van der Waals surface area contributed by atoms with E-state index in [-0.39, 0.29) is 13.2 Å². The molecule has 5 heterocycles. The predicted molar refractivity (Wildman–Crippen MR) is 209 cm³/mol. The summed E-state index contributed by atoms with van der Waals surface area (Å²) in [6, 6.07) is 19.3. The summed E-state index contributed by atoms with van der Waals surface area (Å²) in [5, 5.41) is 0.354. The lowest BCUT2D eigenvalue weighted by Crippen LogP contribution is -2.17.